The Hall–Kier alpha value is -2.03. The Morgan fingerprint density at radius 1 is 0.810 bits per heavy atom. The normalized spacial score (nSPS) is 13.9. The molecule has 0 fully saturated rings. The summed E-state index contributed by atoms with van der Waals surface area (Å²) in [5.74, 6) is 0.0266. The zero-order valence-electron chi connectivity index (χ0n) is 12.4. The minimum atomic E-state index is -0.232. The van der Waals surface area contributed by atoms with E-state index < -0.39 is 0 Å². The summed E-state index contributed by atoms with van der Waals surface area (Å²) >= 11 is 0. The molecule has 0 bridgehead atoms. The largest absolute Gasteiger partial charge is 0.504 e. The van der Waals surface area contributed by atoms with Gasteiger partial charge in [0.05, 0.1) is 0 Å². The zero-order chi connectivity index (χ0) is 15.4. The molecule has 2 rings (SSSR count). The summed E-state index contributed by atoms with van der Waals surface area (Å²) in [7, 11) is 0. The van der Waals surface area contributed by atoms with E-state index in [0.717, 1.165) is 24.0 Å². The van der Waals surface area contributed by atoms with Gasteiger partial charge in [-0.15, -0.1) is 0 Å². The minimum Gasteiger partial charge on any atom is -0.504 e. The molecule has 0 aliphatic heterocycles. The molecule has 0 aliphatic carbocycles. The van der Waals surface area contributed by atoms with Gasteiger partial charge in [0.25, 0.3) is 0 Å². The van der Waals surface area contributed by atoms with Crippen molar-refractivity contribution in [3.8, 4) is 11.5 Å². The van der Waals surface area contributed by atoms with E-state index in [4.69, 9.17) is 0 Å². The predicted octanol–water partition coefficient (Wildman–Crippen LogP) is 4.92. The van der Waals surface area contributed by atoms with Gasteiger partial charge in [0.2, 0.25) is 0 Å². The smallest absolute Gasteiger partial charge is 0.157 e. The fourth-order valence-corrected chi connectivity index (χ4v) is 2.99. The second kappa shape index (κ2) is 6.61. The van der Waals surface area contributed by atoms with Crippen molar-refractivity contribution in [2.75, 3.05) is 0 Å². The first kappa shape index (κ1) is 15.4. The third-order valence-electron chi connectivity index (χ3n) is 4.09. The minimum absolute atomic E-state index is 0.0973. The molecule has 0 spiro atoms. The average Bonchev–Trinajstić information content (AvgIpc) is 2.49. The molecule has 2 N–H and O–H groups in total. The monoisotopic (exact) mass is 288 g/mol. The number of phenols is 2. The van der Waals surface area contributed by atoms with Gasteiger partial charge in [-0.3, -0.25) is 0 Å². The van der Waals surface area contributed by atoms with E-state index in [1.807, 2.05) is 18.2 Å². The number of halogens is 1. The molecular formula is C18H21FO2. The summed E-state index contributed by atoms with van der Waals surface area (Å²) in [5, 5.41) is 19.2. The summed E-state index contributed by atoms with van der Waals surface area (Å²) in [6, 6.07) is 11.6. The maximum absolute atomic E-state index is 13.1. The molecule has 0 aliphatic rings. The third kappa shape index (κ3) is 3.35. The van der Waals surface area contributed by atoms with Crippen LogP contribution in [-0.2, 0) is 0 Å². The van der Waals surface area contributed by atoms with Crippen molar-refractivity contribution in [1.82, 2.24) is 0 Å². The number of hydrogen-bond acceptors (Lipinski definition) is 2. The van der Waals surface area contributed by atoms with E-state index in [0.29, 0.717) is 0 Å². The van der Waals surface area contributed by atoms with Crippen molar-refractivity contribution in [2.24, 2.45) is 0 Å². The Bertz CT molecular complexity index is 593. The summed E-state index contributed by atoms with van der Waals surface area (Å²) in [5.41, 5.74) is 2.09. The van der Waals surface area contributed by atoms with Crippen LogP contribution in [0.3, 0.4) is 0 Å². The maximum Gasteiger partial charge on any atom is 0.157 e. The van der Waals surface area contributed by atoms with Crippen molar-refractivity contribution < 1.29 is 14.6 Å². The van der Waals surface area contributed by atoms with Gasteiger partial charge in [-0.25, -0.2) is 4.39 Å². The van der Waals surface area contributed by atoms with Crippen molar-refractivity contribution in [3.63, 3.8) is 0 Å². The molecule has 0 amide bonds. The lowest BCUT2D eigenvalue weighted by Gasteiger charge is -2.26. The molecule has 0 heterocycles. The summed E-state index contributed by atoms with van der Waals surface area (Å²) in [4.78, 5) is 0. The number of hydrogen-bond donors (Lipinski definition) is 2. The van der Waals surface area contributed by atoms with Crippen LogP contribution in [0.15, 0.2) is 42.5 Å². The number of phenolic OH excluding ortho intramolecular Hbond substituents is 2. The Balaban J connectivity index is 2.36. The third-order valence-corrected chi connectivity index (χ3v) is 4.09. The summed E-state index contributed by atoms with van der Waals surface area (Å²) in [6.45, 7) is 4.21. The van der Waals surface area contributed by atoms with Gasteiger partial charge in [0.1, 0.15) is 5.82 Å². The number of benzene rings is 2. The molecule has 0 aromatic heterocycles. The molecule has 0 radical (unpaired) electrons. The zero-order valence-corrected chi connectivity index (χ0v) is 12.4. The molecule has 2 nitrogen and oxygen atoms in total. The van der Waals surface area contributed by atoms with Crippen LogP contribution in [0.2, 0.25) is 0 Å². The summed E-state index contributed by atoms with van der Waals surface area (Å²) < 4.78 is 13.1. The molecule has 21 heavy (non-hydrogen) atoms. The number of aromatic hydroxyl groups is 2. The van der Waals surface area contributed by atoms with Gasteiger partial charge in [0.15, 0.2) is 11.5 Å². The fourth-order valence-electron chi connectivity index (χ4n) is 2.99. The van der Waals surface area contributed by atoms with Crippen LogP contribution in [0.4, 0.5) is 4.39 Å². The van der Waals surface area contributed by atoms with Gasteiger partial charge in [-0.1, -0.05) is 32.0 Å². The molecule has 2 atom stereocenters. The first-order valence-electron chi connectivity index (χ1n) is 7.34. The van der Waals surface area contributed by atoms with Crippen LogP contribution >= 0.6 is 0 Å². The topological polar surface area (TPSA) is 40.5 Å². The molecule has 112 valence electrons. The van der Waals surface area contributed by atoms with Crippen LogP contribution in [0, 0.1) is 5.82 Å². The van der Waals surface area contributed by atoms with Crippen LogP contribution in [0.1, 0.15) is 49.7 Å². The second-order valence-electron chi connectivity index (χ2n) is 5.33. The Kier molecular flexibility index (Phi) is 4.84. The predicted molar refractivity (Wildman–Crippen MR) is 82.2 cm³/mol. The average molecular weight is 288 g/mol. The van der Waals surface area contributed by atoms with Gasteiger partial charge in [-0.2, -0.15) is 0 Å². The van der Waals surface area contributed by atoms with Gasteiger partial charge < -0.3 is 10.2 Å². The Morgan fingerprint density at radius 3 is 1.86 bits per heavy atom. The maximum atomic E-state index is 13.1. The lowest BCUT2D eigenvalue weighted by molar-refractivity contribution is 0.401. The highest BCUT2D eigenvalue weighted by molar-refractivity contribution is 5.42. The van der Waals surface area contributed by atoms with E-state index in [2.05, 4.69) is 13.8 Å². The molecule has 0 saturated carbocycles. The Labute approximate surface area is 124 Å². The van der Waals surface area contributed by atoms with E-state index in [1.54, 1.807) is 6.07 Å². The van der Waals surface area contributed by atoms with Crippen molar-refractivity contribution in [3.05, 3.63) is 59.4 Å². The Morgan fingerprint density at radius 2 is 1.33 bits per heavy atom. The van der Waals surface area contributed by atoms with E-state index in [-0.39, 0.29) is 29.2 Å². The van der Waals surface area contributed by atoms with Crippen LogP contribution in [0.5, 0.6) is 11.5 Å². The van der Waals surface area contributed by atoms with Crippen molar-refractivity contribution in [2.45, 2.75) is 38.5 Å². The highest BCUT2D eigenvalue weighted by atomic mass is 19.1. The molecule has 2 aromatic rings. The van der Waals surface area contributed by atoms with Gasteiger partial charge in [-0.05, 0) is 60.1 Å². The molecule has 0 saturated heterocycles. The highest BCUT2D eigenvalue weighted by Gasteiger charge is 2.22. The van der Waals surface area contributed by atoms with Crippen molar-refractivity contribution in [1.29, 1.82) is 0 Å². The fraction of sp³-hybridized carbons (Fsp3) is 0.333. The van der Waals surface area contributed by atoms with Gasteiger partial charge in [0, 0.05) is 0 Å². The van der Waals surface area contributed by atoms with Crippen LogP contribution in [0.25, 0.3) is 0 Å². The van der Waals surface area contributed by atoms with E-state index in [1.165, 1.54) is 18.2 Å². The second-order valence-corrected chi connectivity index (χ2v) is 5.33. The number of rotatable bonds is 5. The highest BCUT2D eigenvalue weighted by Crippen LogP contribution is 2.40. The first-order chi connectivity index (χ1) is 10.1. The van der Waals surface area contributed by atoms with Crippen LogP contribution < -0.4 is 0 Å². The quantitative estimate of drug-likeness (QED) is 0.766. The molecular weight excluding hydrogens is 267 g/mol. The first-order valence-corrected chi connectivity index (χ1v) is 7.34. The lowest BCUT2D eigenvalue weighted by atomic mass is 9.78. The van der Waals surface area contributed by atoms with Crippen LogP contribution in [-0.4, -0.2) is 10.2 Å². The molecule has 3 heteroatoms. The van der Waals surface area contributed by atoms with E-state index in [9.17, 15) is 14.6 Å². The molecule has 2 aromatic carbocycles. The SMILES string of the molecule is CC[C@H](c1ccc(F)cc1)[C@H](CC)c1ccc(O)c(O)c1. The molecule has 0 unspecified atom stereocenters. The van der Waals surface area contributed by atoms with Gasteiger partial charge >= 0.3 is 0 Å². The summed E-state index contributed by atoms with van der Waals surface area (Å²) in [6.07, 6.45) is 1.83. The standard InChI is InChI=1S/C18H21FO2/c1-3-15(12-5-8-14(19)9-6-12)16(4-2)13-7-10-17(20)18(21)11-13/h5-11,15-16,20-21H,3-4H2,1-2H3/t15-,16-/m1/s1. The van der Waals surface area contributed by atoms with Crippen molar-refractivity contribution >= 4 is 0 Å². The lowest BCUT2D eigenvalue weighted by Crippen LogP contribution is -2.10. The van der Waals surface area contributed by atoms with E-state index >= 15 is 0 Å².